The summed E-state index contributed by atoms with van der Waals surface area (Å²) in [5.41, 5.74) is 0.777. The van der Waals surface area contributed by atoms with Gasteiger partial charge >= 0.3 is 0 Å². The summed E-state index contributed by atoms with van der Waals surface area (Å²) in [6.07, 6.45) is 0. The molecule has 0 fully saturated rings. The maximum Gasteiger partial charge on any atom is 0.244 e. The van der Waals surface area contributed by atoms with Crippen molar-refractivity contribution in [2.24, 2.45) is 0 Å². The lowest BCUT2D eigenvalue weighted by atomic mass is 10.1. The lowest BCUT2D eigenvalue weighted by molar-refractivity contribution is -0.121. The van der Waals surface area contributed by atoms with Gasteiger partial charge in [-0.2, -0.15) is 4.31 Å². The van der Waals surface area contributed by atoms with Crippen molar-refractivity contribution in [3.8, 4) is 11.5 Å². The van der Waals surface area contributed by atoms with Crippen LogP contribution in [0.25, 0.3) is 0 Å². The highest BCUT2D eigenvalue weighted by Gasteiger charge is 2.26. The Hall–Kier alpha value is -2.00. The third-order valence-electron chi connectivity index (χ3n) is 4.23. The van der Waals surface area contributed by atoms with Crippen molar-refractivity contribution in [2.45, 2.75) is 17.9 Å². The van der Waals surface area contributed by atoms with Crippen molar-refractivity contribution >= 4 is 39.1 Å². The van der Waals surface area contributed by atoms with Gasteiger partial charge < -0.3 is 14.8 Å². The van der Waals surface area contributed by atoms with Gasteiger partial charge in [-0.15, -0.1) is 0 Å². The van der Waals surface area contributed by atoms with Crippen LogP contribution >= 0.6 is 23.2 Å². The number of likely N-dealkylation sites (N-methyl/N-ethyl adjacent to an activating group) is 1. The zero-order valence-electron chi connectivity index (χ0n) is 16.4. The fourth-order valence-electron chi connectivity index (χ4n) is 2.62. The number of hydrogen-bond donors (Lipinski definition) is 1. The molecule has 158 valence electrons. The second-order valence-electron chi connectivity index (χ2n) is 6.24. The van der Waals surface area contributed by atoms with E-state index in [1.165, 1.54) is 39.5 Å². The van der Waals surface area contributed by atoms with Crippen LogP contribution in [0.1, 0.15) is 18.5 Å². The average Bonchev–Trinajstić information content (AvgIpc) is 2.68. The number of carbonyl (C=O) groups excluding carboxylic acids is 1. The van der Waals surface area contributed by atoms with Gasteiger partial charge in [-0.3, -0.25) is 4.79 Å². The summed E-state index contributed by atoms with van der Waals surface area (Å²) in [6, 6.07) is 9.01. The number of hydrogen-bond acceptors (Lipinski definition) is 5. The summed E-state index contributed by atoms with van der Waals surface area (Å²) in [5, 5.41) is 3.02. The first-order valence-electron chi connectivity index (χ1n) is 8.52. The standard InChI is InChI=1S/C19H22Cl2N2O5S/c1-12(13-5-8-16(27-3)17(9-13)28-4)22-19(24)11-23(2)29(25,26)18-10-14(20)6-7-15(18)21/h5-10,12H,11H2,1-4H3,(H,22,24)/t12-/m0/s1. The largest absolute Gasteiger partial charge is 0.493 e. The Morgan fingerprint density at radius 3 is 2.38 bits per heavy atom. The molecule has 2 rings (SSSR count). The van der Waals surface area contributed by atoms with Crippen LogP contribution in [-0.4, -0.2) is 46.4 Å². The maximum atomic E-state index is 12.7. The molecule has 1 atom stereocenters. The summed E-state index contributed by atoms with van der Waals surface area (Å²) in [4.78, 5) is 12.3. The predicted octanol–water partition coefficient (Wildman–Crippen LogP) is 3.51. The molecule has 0 aromatic heterocycles. The van der Waals surface area contributed by atoms with E-state index in [0.717, 1.165) is 9.87 Å². The molecule has 7 nitrogen and oxygen atoms in total. The van der Waals surface area contributed by atoms with Gasteiger partial charge in [-0.25, -0.2) is 8.42 Å². The molecule has 1 N–H and O–H groups in total. The van der Waals surface area contributed by atoms with Gasteiger partial charge in [0.05, 0.1) is 31.8 Å². The van der Waals surface area contributed by atoms with E-state index < -0.39 is 15.9 Å². The molecule has 0 heterocycles. The van der Waals surface area contributed by atoms with Crippen molar-refractivity contribution in [2.75, 3.05) is 27.8 Å². The SMILES string of the molecule is COc1ccc([C@H](C)NC(=O)CN(C)S(=O)(=O)c2cc(Cl)ccc2Cl)cc1OC. The van der Waals surface area contributed by atoms with Crippen LogP contribution < -0.4 is 14.8 Å². The molecule has 0 aliphatic heterocycles. The Morgan fingerprint density at radius 2 is 1.76 bits per heavy atom. The number of benzene rings is 2. The number of carbonyl (C=O) groups is 1. The maximum absolute atomic E-state index is 12.7. The average molecular weight is 461 g/mol. The van der Waals surface area contributed by atoms with Crippen molar-refractivity contribution in [3.63, 3.8) is 0 Å². The lowest BCUT2D eigenvalue weighted by Crippen LogP contribution is -2.39. The second kappa shape index (κ2) is 9.67. The minimum atomic E-state index is -3.99. The molecule has 0 unspecified atom stereocenters. The number of halogens is 2. The van der Waals surface area contributed by atoms with Crippen LogP contribution in [0.3, 0.4) is 0 Å². The fourth-order valence-corrected chi connectivity index (χ4v) is 4.48. The monoisotopic (exact) mass is 460 g/mol. The topological polar surface area (TPSA) is 84.9 Å². The number of sulfonamides is 1. The molecule has 1 amide bonds. The van der Waals surface area contributed by atoms with E-state index in [2.05, 4.69) is 5.32 Å². The quantitative estimate of drug-likeness (QED) is 0.651. The van der Waals surface area contributed by atoms with Gasteiger partial charge in [0.15, 0.2) is 11.5 Å². The van der Waals surface area contributed by atoms with Crippen LogP contribution in [0, 0.1) is 0 Å². The number of rotatable bonds is 8. The second-order valence-corrected chi connectivity index (χ2v) is 9.10. The molecule has 2 aromatic rings. The van der Waals surface area contributed by atoms with E-state index >= 15 is 0 Å². The molecule has 0 saturated heterocycles. The van der Waals surface area contributed by atoms with Crippen molar-refractivity contribution in [1.82, 2.24) is 9.62 Å². The van der Waals surface area contributed by atoms with Crippen molar-refractivity contribution in [1.29, 1.82) is 0 Å². The fraction of sp³-hybridized carbons (Fsp3) is 0.316. The minimum absolute atomic E-state index is 0.0281. The minimum Gasteiger partial charge on any atom is -0.493 e. The van der Waals surface area contributed by atoms with Crippen LogP contribution in [0.5, 0.6) is 11.5 Å². The molecule has 0 aliphatic carbocycles. The smallest absolute Gasteiger partial charge is 0.244 e. The van der Waals surface area contributed by atoms with Gasteiger partial charge in [0.25, 0.3) is 0 Å². The Labute approximate surface area is 180 Å². The van der Waals surface area contributed by atoms with Crippen LogP contribution in [0.15, 0.2) is 41.3 Å². The van der Waals surface area contributed by atoms with Gasteiger partial charge in [0.1, 0.15) is 4.90 Å². The van der Waals surface area contributed by atoms with E-state index in [1.54, 1.807) is 25.1 Å². The van der Waals surface area contributed by atoms with E-state index in [9.17, 15) is 13.2 Å². The van der Waals surface area contributed by atoms with E-state index in [-0.39, 0.29) is 27.5 Å². The Kier molecular flexibility index (Phi) is 7.76. The molecule has 0 radical (unpaired) electrons. The summed E-state index contributed by atoms with van der Waals surface area (Å²) in [5.74, 6) is 0.622. The number of ether oxygens (including phenoxy) is 2. The zero-order valence-corrected chi connectivity index (χ0v) is 18.7. The number of methoxy groups -OCH3 is 2. The van der Waals surface area contributed by atoms with Crippen molar-refractivity contribution < 1.29 is 22.7 Å². The molecule has 0 aliphatic rings. The Balaban J connectivity index is 2.11. The highest BCUT2D eigenvalue weighted by Crippen LogP contribution is 2.30. The van der Waals surface area contributed by atoms with Gasteiger partial charge in [0, 0.05) is 12.1 Å². The molecule has 0 spiro atoms. The molecular weight excluding hydrogens is 439 g/mol. The summed E-state index contributed by atoms with van der Waals surface area (Å²) in [6.45, 7) is 1.39. The number of nitrogens with zero attached hydrogens (tertiary/aromatic N) is 1. The third kappa shape index (κ3) is 5.54. The van der Waals surface area contributed by atoms with E-state index in [1.807, 2.05) is 0 Å². The van der Waals surface area contributed by atoms with Crippen LogP contribution in [0.4, 0.5) is 0 Å². The molecule has 0 bridgehead atoms. The number of amides is 1. The summed E-state index contributed by atoms with van der Waals surface area (Å²) >= 11 is 11.9. The first-order valence-corrected chi connectivity index (χ1v) is 10.7. The Bertz CT molecular complexity index is 998. The zero-order chi connectivity index (χ0) is 21.8. The molecular formula is C19H22Cl2N2O5S. The molecule has 29 heavy (non-hydrogen) atoms. The molecule has 2 aromatic carbocycles. The van der Waals surface area contributed by atoms with E-state index in [0.29, 0.717) is 11.5 Å². The van der Waals surface area contributed by atoms with Crippen molar-refractivity contribution in [3.05, 3.63) is 52.0 Å². The van der Waals surface area contributed by atoms with Crippen LogP contribution in [0.2, 0.25) is 10.0 Å². The first-order chi connectivity index (χ1) is 13.6. The van der Waals surface area contributed by atoms with Gasteiger partial charge in [-0.1, -0.05) is 29.3 Å². The first kappa shape index (κ1) is 23.3. The van der Waals surface area contributed by atoms with Gasteiger partial charge in [-0.05, 0) is 42.8 Å². The highest BCUT2D eigenvalue weighted by molar-refractivity contribution is 7.89. The van der Waals surface area contributed by atoms with Gasteiger partial charge in [0.2, 0.25) is 15.9 Å². The van der Waals surface area contributed by atoms with E-state index in [4.69, 9.17) is 32.7 Å². The molecule has 10 heteroatoms. The summed E-state index contributed by atoms with van der Waals surface area (Å²) in [7, 11) is 0.364. The predicted molar refractivity (Wildman–Crippen MR) is 112 cm³/mol. The highest BCUT2D eigenvalue weighted by atomic mass is 35.5. The normalized spacial score (nSPS) is 12.5. The number of nitrogens with one attached hydrogen (secondary N) is 1. The van der Waals surface area contributed by atoms with Crippen LogP contribution in [-0.2, 0) is 14.8 Å². The third-order valence-corrected chi connectivity index (χ3v) is 6.75. The molecule has 0 saturated carbocycles. The Morgan fingerprint density at radius 1 is 1.10 bits per heavy atom. The summed E-state index contributed by atoms with van der Waals surface area (Å²) < 4.78 is 36.8. The lowest BCUT2D eigenvalue weighted by Gasteiger charge is -2.20.